The zero-order valence-electron chi connectivity index (χ0n) is 11.5. The number of benzene rings is 1. The summed E-state index contributed by atoms with van der Waals surface area (Å²) in [6.07, 6.45) is -0.853. The fourth-order valence-electron chi connectivity index (χ4n) is 1.78. The first-order valence-electron chi connectivity index (χ1n) is 6.37. The summed E-state index contributed by atoms with van der Waals surface area (Å²) in [7, 11) is 0. The number of ether oxygens (including phenoxy) is 1. The van der Waals surface area contributed by atoms with Crippen molar-refractivity contribution in [1.29, 1.82) is 0 Å². The van der Waals surface area contributed by atoms with E-state index in [2.05, 4.69) is 0 Å². The van der Waals surface area contributed by atoms with Crippen LogP contribution >= 0.6 is 0 Å². The van der Waals surface area contributed by atoms with E-state index in [1.807, 2.05) is 13.8 Å². The van der Waals surface area contributed by atoms with Crippen LogP contribution in [0.5, 0.6) is 5.75 Å². The highest BCUT2D eigenvalue weighted by Gasteiger charge is 2.14. The fourth-order valence-corrected chi connectivity index (χ4v) is 1.78. The number of amides is 1. The number of halogens is 1. The smallest absolute Gasteiger partial charge is 0.260 e. The van der Waals surface area contributed by atoms with Gasteiger partial charge in [0.05, 0.1) is 6.10 Å². The van der Waals surface area contributed by atoms with Crippen LogP contribution in [-0.4, -0.2) is 35.6 Å². The quantitative estimate of drug-likeness (QED) is 0.860. The van der Waals surface area contributed by atoms with Crippen LogP contribution < -0.4 is 4.74 Å². The summed E-state index contributed by atoms with van der Waals surface area (Å²) in [5.41, 5.74) is 0.340. The number of likely N-dealkylation sites (N-methyl/N-ethyl adjacent to an activating group) is 1. The Balaban J connectivity index is 2.75. The minimum absolute atomic E-state index is 0.118. The maximum Gasteiger partial charge on any atom is 0.260 e. The summed E-state index contributed by atoms with van der Waals surface area (Å²) < 4.78 is 18.5. The molecule has 0 aliphatic carbocycles. The third-order valence-corrected chi connectivity index (χ3v) is 2.89. The van der Waals surface area contributed by atoms with Crippen LogP contribution in [-0.2, 0) is 4.79 Å². The van der Waals surface area contributed by atoms with Gasteiger partial charge < -0.3 is 14.7 Å². The predicted molar refractivity (Wildman–Crippen MR) is 70.5 cm³/mol. The first-order valence-corrected chi connectivity index (χ1v) is 6.37. The third kappa shape index (κ3) is 4.21. The average Bonchev–Trinajstić information content (AvgIpc) is 2.38. The van der Waals surface area contributed by atoms with Gasteiger partial charge >= 0.3 is 0 Å². The normalized spacial score (nSPS) is 12.1. The fraction of sp³-hybridized carbons (Fsp3) is 0.500. The van der Waals surface area contributed by atoms with Crippen molar-refractivity contribution in [2.24, 2.45) is 0 Å². The molecule has 0 saturated heterocycles. The van der Waals surface area contributed by atoms with Gasteiger partial charge in [-0.3, -0.25) is 4.79 Å². The number of carbonyl (C=O) groups excluding carboxylic acids is 1. The lowest BCUT2D eigenvalue weighted by Gasteiger charge is -2.19. The van der Waals surface area contributed by atoms with Gasteiger partial charge in [-0.05, 0) is 39.0 Å². The highest BCUT2D eigenvalue weighted by Crippen LogP contribution is 2.25. The SMILES string of the molecule is CCN(CC)C(=O)COc1ccc(F)cc1C(C)O. The largest absolute Gasteiger partial charge is 0.483 e. The van der Waals surface area contributed by atoms with Gasteiger partial charge in [-0.1, -0.05) is 0 Å². The number of hydrogen-bond acceptors (Lipinski definition) is 3. The van der Waals surface area contributed by atoms with Crippen molar-refractivity contribution < 1.29 is 19.0 Å². The van der Waals surface area contributed by atoms with E-state index in [4.69, 9.17) is 4.74 Å². The van der Waals surface area contributed by atoms with Crippen molar-refractivity contribution in [2.45, 2.75) is 26.9 Å². The van der Waals surface area contributed by atoms with Gasteiger partial charge in [0, 0.05) is 18.7 Å². The van der Waals surface area contributed by atoms with Crippen molar-refractivity contribution >= 4 is 5.91 Å². The van der Waals surface area contributed by atoms with Crippen LogP contribution in [0.4, 0.5) is 4.39 Å². The van der Waals surface area contributed by atoms with Gasteiger partial charge in [-0.15, -0.1) is 0 Å². The summed E-state index contributed by atoms with van der Waals surface area (Å²) in [4.78, 5) is 13.4. The molecule has 0 aliphatic rings. The van der Waals surface area contributed by atoms with E-state index >= 15 is 0 Å². The van der Waals surface area contributed by atoms with E-state index in [1.54, 1.807) is 4.90 Å². The lowest BCUT2D eigenvalue weighted by Crippen LogP contribution is -2.34. The minimum Gasteiger partial charge on any atom is -0.483 e. The maximum absolute atomic E-state index is 13.1. The Morgan fingerprint density at radius 1 is 1.42 bits per heavy atom. The van der Waals surface area contributed by atoms with E-state index < -0.39 is 11.9 Å². The summed E-state index contributed by atoms with van der Waals surface area (Å²) in [6, 6.07) is 3.87. The van der Waals surface area contributed by atoms with Crippen molar-refractivity contribution in [2.75, 3.05) is 19.7 Å². The van der Waals surface area contributed by atoms with E-state index in [0.717, 1.165) is 0 Å². The number of rotatable bonds is 6. The lowest BCUT2D eigenvalue weighted by atomic mass is 10.1. The zero-order chi connectivity index (χ0) is 14.4. The second kappa shape index (κ2) is 7.09. The molecule has 0 spiro atoms. The van der Waals surface area contributed by atoms with Gasteiger partial charge in [-0.25, -0.2) is 4.39 Å². The molecule has 0 saturated carbocycles. The molecule has 106 valence electrons. The van der Waals surface area contributed by atoms with Crippen LogP contribution in [0.1, 0.15) is 32.4 Å². The number of hydrogen-bond donors (Lipinski definition) is 1. The second-order valence-corrected chi connectivity index (χ2v) is 4.21. The van der Waals surface area contributed by atoms with Crippen molar-refractivity contribution in [3.05, 3.63) is 29.6 Å². The second-order valence-electron chi connectivity index (χ2n) is 4.21. The molecule has 0 radical (unpaired) electrons. The van der Waals surface area contributed by atoms with E-state index in [9.17, 15) is 14.3 Å². The lowest BCUT2D eigenvalue weighted by molar-refractivity contribution is -0.133. The minimum atomic E-state index is -0.853. The molecule has 1 aromatic rings. The van der Waals surface area contributed by atoms with Gasteiger partial charge in [0.1, 0.15) is 11.6 Å². The number of aliphatic hydroxyl groups is 1. The summed E-state index contributed by atoms with van der Waals surface area (Å²) >= 11 is 0. The molecular formula is C14H20FNO3. The third-order valence-electron chi connectivity index (χ3n) is 2.89. The molecule has 0 heterocycles. The zero-order valence-corrected chi connectivity index (χ0v) is 11.5. The van der Waals surface area contributed by atoms with Crippen molar-refractivity contribution in [3.63, 3.8) is 0 Å². The van der Waals surface area contributed by atoms with Gasteiger partial charge in [-0.2, -0.15) is 0 Å². The molecule has 0 aromatic heterocycles. The number of carbonyl (C=O) groups is 1. The molecule has 1 N–H and O–H groups in total. The molecule has 4 nitrogen and oxygen atoms in total. The van der Waals surface area contributed by atoms with Crippen LogP contribution in [0.15, 0.2) is 18.2 Å². The molecule has 1 aromatic carbocycles. The summed E-state index contributed by atoms with van der Waals surface area (Å²) in [6.45, 7) is 6.42. The number of aliphatic hydroxyl groups excluding tert-OH is 1. The highest BCUT2D eigenvalue weighted by molar-refractivity contribution is 5.77. The first kappa shape index (κ1) is 15.4. The molecule has 1 rings (SSSR count). The summed E-state index contributed by atoms with van der Waals surface area (Å²) in [5, 5.41) is 9.55. The maximum atomic E-state index is 13.1. The van der Waals surface area contributed by atoms with Crippen molar-refractivity contribution in [1.82, 2.24) is 4.90 Å². The molecule has 5 heteroatoms. The van der Waals surface area contributed by atoms with E-state index in [1.165, 1.54) is 25.1 Å². The van der Waals surface area contributed by atoms with Gasteiger partial charge in [0.25, 0.3) is 5.91 Å². The van der Waals surface area contributed by atoms with Gasteiger partial charge in [0.2, 0.25) is 0 Å². The first-order chi connectivity index (χ1) is 8.99. The Morgan fingerprint density at radius 2 is 2.05 bits per heavy atom. The van der Waals surface area contributed by atoms with Crippen LogP contribution in [0.3, 0.4) is 0 Å². The molecule has 0 aliphatic heterocycles. The molecule has 1 unspecified atom stereocenters. The Labute approximate surface area is 112 Å². The monoisotopic (exact) mass is 269 g/mol. The predicted octanol–water partition coefficient (Wildman–Crippen LogP) is 2.13. The molecule has 19 heavy (non-hydrogen) atoms. The molecule has 0 bridgehead atoms. The molecule has 1 atom stereocenters. The number of nitrogens with zero attached hydrogens (tertiary/aromatic N) is 1. The molecule has 0 fully saturated rings. The molecule has 1 amide bonds. The summed E-state index contributed by atoms with van der Waals surface area (Å²) in [5.74, 6) is -0.249. The topological polar surface area (TPSA) is 49.8 Å². The Bertz CT molecular complexity index is 431. The van der Waals surface area contributed by atoms with E-state index in [0.29, 0.717) is 24.4 Å². The van der Waals surface area contributed by atoms with Crippen LogP contribution in [0.2, 0.25) is 0 Å². The standard InChI is InChI=1S/C14H20FNO3/c1-4-16(5-2)14(18)9-19-13-7-6-11(15)8-12(13)10(3)17/h6-8,10,17H,4-5,9H2,1-3H3. The van der Waals surface area contributed by atoms with Crippen LogP contribution in [0.25, 0.3) is 0 Å². The Kier molecular flexibility index (Phi) is 5.76. The van der Waals surface area contributed by atoms with Crippen molar-refractivity contribution in [3.8, 4) is 5.75 Å². The van der Waals surface area contributed by atoms with Crippen LogP contribution in [0, 0.1) is 5.82 Å². The highest BCUT2D eigenvalue weighted by atomic mass is 19.1. The van der Waals surface area contributed by atoms with E-state index in [-0.39, 0.29) is 12.5 Å². The Hall–Kier alpha value is -1.62. The molecular weight excluding hydrogens is 249 g/mol. The van der Waals surface area contributed by atoms with Gasteiger partial charge in [0.15, 0.2) is 6.61 Å². The Morgan fingerprint density at radius 3 is 2.58 bits per heavy atom. The average molecular weight is 269 g/mol.